The number of hydrogen-bond acceptors (Lipinski definition) is 3. The van der Waals surface area contributed by atoms with Gasteiger partial charge in [0.15, 0.2) is 0 Å². The van der Waals surface area contributed by atoms with Crippen LogP contribution in [0.1, 0.15) is 5.56 Å². The summed E-state index contributed by atoms with van der Waals surface area (Å²) in [6, 6.07) is 11.5. The van der Waals surface area contributed by atoms with Gasteiger partial charge in [-0.05, 0) is 40.2 Å². The molecule has 0 aliphatic heterocycles. The lowest BCUT2D eigenvalue weighted by Crippen LogP contribution is -2.10. The fourth-order valence-corrected chi connectivity index (χ4v) is 2.24. The lowest BCUT2D eigenvalue weighted by molar-refractivity contribution is 1.12. The first-order valence-electron chi connectivity index (χ1n) is 4.89. The first kappa shape index (κ1) is 12.1. The van der Waals surface area contributed by atoms with E-state index in [0.717, 1.165) is 20.0 Å². The number of nitrogen functional groups attached to an aromatic ring is 1. The third-order valence-corrected chi connectivity index (χ3v) is 3.52. The fraction of sp³-hybridized carbons (Fsp3) is 0. The van der Waals surface area contributed by atoms with Gasteiger partial charge in [-0.25, -0.2) is 4.98 Å². The topological polar surface area (TPSA) is 62.8 Å². The van der Waals surface area contributed by atoms with Gasteiger partial charge in [-0.3, -0.25) is 5.41 Å². The summed E-state index contributed by atoms with van der Waals surface area (Å²) in [5.41, 5.74) is 6.13. The summed E-state index contributed by atoms with van der Waals surface area (Å²) < 4.78 is 0.966. The molecule has 2 aromatic rings. The van der Waals surface area contributed by atoms with E-state index in [-0.39, 0.29) is 5.84 Å². The van der Waals surface area contributed by atoms with E-state index in [0.29, 0.717) is 0 Å². The molecule has 1 aromatic carbocycles. The molecule has 0 atom stereocenters. The number of rotatable bonds is 3. The van der Waals surface area contributed by atoms with Gasteiger partial charge in [-0.1, -0.05) is 23.9 Å². The average Bonchev–Trinajstić information content (AvgIpc) is 2.33. The molecule has 0 saturated carbocycles. The minimum absolute atomic E-state index is 0.0864. The maximum atomic E-state index is 7.30. The van der Waals surface area contributed by atoms with Crippen LogP contribution in [0.4, 0.5) is 0 Å². The maximum absolute atomic E-state index is 7.30. The molecular formula is C12H10BrN3S. The van der Waals surface area contributed by atoms with Crippen LogP contribution in [0.15, 0.2) is 57.0 Å². The Morgan fingerprint density at radius 3 is 2.41 bits per heavy atom. The van der Waals surface area contributed by atoms with Gasteiger partial charge < -0.3 is 5.73 Å². The van der Waals surface area contributed by atoms with Crippen molar-refractivity contribution in [1.29, 1.82) is 5.41 Å². The van der Waals surface area contributed by atoms with Crippen LogP contribution >= 0.6 is 27.7 Å². The smallest absolute Gasteiger partial charge is 0.122 e. The Bertz CT molecular complexity index is 522. The molecule has 0 unspecified atom stereocenters. The van der Waals surface area contributed by atoms with Crippen molar-refractivity contribution in [1.82, 2.24) is 4.98 Å². The Morgan fingerprint density at radius 1 is 1.18 bits per heavy atom. The second-order valence-corrected chi connectivity index (χ2v) is 5.36. The predicted molar refractivity (Wildman–Crippen MR) is 73.5 cm³/mol. The van der Waals surface area contributed by atoms with E-state index in [9.17, 15) is 0 Å². The average molecular weight is 308 g/mol. The zero-order valence-corrected chi connectivity index (χ0v) is 11.3. The van der Waals surface area contributed by atoms with Gasteiger partial charge in [0.25, 0.3) is 0 Å². The number of pyridine rings is 1. The van der Waals surface area contributed by atoms with E-state index in [1.807, 2.05) is 36.4 Å². The lowest BCUT2D eigenvalue weighted by Gasteiger charge is -2.02. The molecule has 3 N–H and O–H groups in total. The SMILES string of the molecule is N=C(N)c1ccc(Sc2ccc(Br)cn2)cc1. The van der Waals surface area contributed by atoms with E-state index in [1.165, 1.54) is 0 Å². The summed E-state index contributed by atoms with van der Waals surface area (Å²) in [4.78, 5) is 5.35. The summed E-state index contributed by atoms with van der Waals surface area (Å²) >= 11 is 4.92. The monoisotopic (exact) mass is 307 g/mol. The number of nitrogens with zero attached hydrogens (tertiary/aromatic N) is 1. The van der Waals surface area contributed by atoms with Crippen LogP contribution < -0.4 is 5.73 Å². The Balaban J connectivity index is 2.13. The number of hydrogen-bond donors (Lipinski definition) is 2. The second kappa shape index (κ2) is 5.33. The molecule has 0 aliphatic carbocycles. The zero-order valence-electron chi connectivity index (χ0n) is 8.85. The van der Waals surface area contributed by atoms with E-state index in [4.69, 9.17) is 11.1 Å². The minimum Gasteiger partial charge on any atom is -0.384 e. The lowest BCUT2D eigenvalue weighted by atomic mass is 10.2. The van der Waals surface area contributed by atoms with Gasteiger partial charge in [0.05, 0.1) is 0 Å². The normalized spacial score (nSPS) is 10.2. The molecule has 0 amide bonds. The van der Waals surface area contributed by atoms with Crippen molar-refractivity contribution in [2.45, 2.75) is 9.92 Å². The molecule has 0 radical (unpaired) electrons. The van der Waals surface area contributed by atoms with E-state index < -0.39 is 0 Å². The molecule has 0 fully saturated rings. The van der Waals surface area contributed by atoms with Crippen LogP contribution in [-0.4, -0.2) is 10.8 Å². The highest BCUT2D eigenvalue weighted by Crippen LogP contribution is 2.26. The molecule has 86 valence electrons. The van der Waals surface area contributed by atoms with Crippen LogP contribution in [0.25, 0.3) is 0 Å². The van der Waals surface area contributed by atoms with Gasteiger partial charge in [0.2, 0.25) is 0 Å². The second-order valence-electron chi connectivity index (χ2n) is 3.35. The molecule has 17 heavy (non-hydrogen) atoms. The molecular weight excluding hydrogens is 298 g/mol. The molecule has 1 heterocycles. The number of amidine groups is 1. The van der Waals surface area contributed by atoms with Crippen molar-refractivity contribution in [2.75, 3.05) is 0 Å². The first-order valence-corrected chi connectivity index (χ1v) is 6.50. The molecule has 0 aliphatic rings. The summed E-state index contributed by atoms with van der Waals surface area (Å²) in [5.74, 6) is 0.0864. The van der Waals surface area contributed by atoms with Crippen LogP contribution in [0.5, 0.6) is 0 Å². The van der Waals surface area contributed by atoms with Crippen LogP contribution in [0.3, 0.4) is 0 Å². The van der Waals surface area contributed by atoms with Crippen molar-refractivity contribution in [2.24, 2.45) is 5.73 Å². The molecule has 1 aromatic heterocycles. The van der Waals surface area contributed by atoms with Gasteiger partial charge >= 0.3 is 0 Å². The highest BCUT2D eigenvalue weighted by molar-refractivity contribution is 9.10. The Hall–Kier alpha value is -1.33. The third kappa shape index (κ3) is 3.31. The molecule has 0 spiro atoms. The molecule has 0 saturated heterocycles. The number of benzene rings is 1. The Labute approximate surface area is 112 Å². The highest BCUT2D eigenvalue weighted by atomic mass is 79.9. The largest absolute Gasteiger partial charge is 0.384 e. The van der Waals surface area contributed by atoms with E-state index in [1.54, 1.807) is 18.0 Å². The van der Waals surface area contributed by atoms with Crippen LogP contribution in [0.2, 0.25) is 0 Å². The van der Waals surface area contributed by atoms with Crippen molar-refractivity contribution >= 4 is 33.5 Å². The molecule has 2 rings (SSSR count). The van der Waals surface area contributed by atoms with Crippen LogP contribution in [-0.2, 0) is 0 Å². The predicted octanol–water partition coefficient (Wildman–Crippen LogP) is 3.28. The number of halogens is 1. The maximum Gasteiger partial charge on any atom is 0.122 e. The summed E-state index contributed by atoms with van der Waals surface area (Å²) in [6.45, 7) is 0. The first-order chi connectivity index (χ1) is 8.15. The summed E-state index contributed by atoms with van der Waals surface area (Å²) in [7, 11) is 0. The third-order valence-electron chi connectivity index (χ3n) is 2.09. The quantitative estimate of drug-likeness (QED) is 0.675. The van der Waals surface area contributed by atoms with Gasteiger partial charge in [-0.15, -0.1) is 0 Å². The summed E-state index contributed by atoms with van der Waals surface area (Å²) in [6.07, 6.45) is 1.77. The Kier molecular flexibility index (Phi) is 3.81. The van der Waals surface area contributed by atoms with Crippen molar-refractivity contribution in [3.8, 4) is 0 Å². The standard InChI is InChI=1S/C12H10BrN3S/c13-9-3-6-11(16-7-9)17-10-4-1-8(2-5-10)12(14)15/h1-7H,(H3,14,15). The molecule has 5 heteroatoms. The highest BCUT2D eigenvalue weighted by Gasteiger charge is 2.00. The van der Waals surface area contributed by atoms with Crippen LogP contribution in [0, 0.1) is 5.41 Å². The fourth-order valence-electron chi connectivity index (χ4n) is 1.25. The van der Waals surface area contributed by atoms with Gasteiger partial charge in [0.1, 0.15) is 10.9 Å². The van der Waals surface area contributed by atoms with E-state index >= 15 is 0 Å². The van der Waals surface area contributed by atoms with Crippen molar-refractivity contribution in [3.05, 3.63) is 52.6 Å². The Morgan fingerprint density at radius 2 is 1.88 bits per heavy atom. The molecule has 3 nitrogen and oxygen atoms in total. The van der Waals surface area contributed by atoms with Crippen molar-refractivity contribution < 1.29 is 0 Å². The van der Waals surface area contributed by atoms with Crippen molar-refractivity contribution in [3.63, 3.8) is 0 Å². The van der Waals surface area contributed by atoms with E-state index in [2.05, 4.69) is 20.9 Å². The number of nitrogens with two attached hydrogens (primary N) is 1. The molecule has 0 bridgehead atoms. The zero-order chi connectivity index (χ0) is 12.3. The number of aromatic nitrogens is 1. The summed E-state index contributed by atoms with van der Waals surface area (Å²) in [5, 5.41) is 8.24. The van der Waals surface area contributed by atoms with Gasteiger partial charge in [0, 0.05) is 21.1 Å². The minimum atomic E-state index is 0.0864. The van der Waals surface area contributed by atoms with Gasteiger partial charge in [-0.2, -0.15) is 0 Å². The number of nitrogens with one attached hydrogen (secondary N) is 1.